The standard InChI is InChI=1S/C27H23N3O5S2/c1-16-4-8-20(9-5-16)36-23-11-7-19(13-22(23)30(34)35)14-24-26(32)29(27(33)37-24)15-25(31)28-21-10-6-17(2)12-18(21)3/h4-14H,15H2,1-3H3,(H,28,31)/b24-14-. The van der Waals surface area contributed by atoms with Gasteiger partial charge in [-0.25, -0.2) is 0 Å². The first-order chi connectivity index (χ1) is 17.6. The normalized spacial score (nSPS) is 14.4. The molecule has 10 heteroatoms. The molecule has 3 aromatic carbocycles. The number of anilines is 1. The topological polar surface area (TPSA) is 110 Å². The maximum atomic E-state index is 12.9. The average Bonchev–Trinajstić information content (AvgIpc) is 3.10. The average molecular weight is 534 g/mol. The molecule has 0 spiro atoms. The number of nitrogens with one attached hydrogen (secondary N) is 1. The van der Waals surface area contributed by atoms with Crippen molar-refractivity contribution in [3.05, 3.63) is 97.9 Å². The van der Waals surface area contributed by atoms with Crippen molar-refractivity contribution in [2.45, 2.75) is 30.6 Å². The van der Waals surface area contributed by atoms with E-state index in [9.17, 15) is 24.5 Å². The van der Waals surface area contributed by atoms with E-state index in [4.69, 9.17) is 0 Å². The molecule has 0 saturated carbocycles. The molecule has 4 rings (SSSR count). The predicted octanol–water partition coefficient (Wildman–Crippen LogP) is 6.35. The third kappa shape index (κ3) is 6.28. The highest BCUT2D eigenvalue weighted by Crippen LogP contribution is 2.37. The van der Waals surface area contributed by atoms with Gasteiger partial charge in [-0.2, -0.15) is 0 Å². The Bertz CT molecular complexity index is 1450. The van der Waals surface area contributed by atoms with E-state index >= 15 is 0 Å². The number of imide groups is 1. The Hall–Kier alpha value is -3.89. The second-order valence-electron chi connectivity index (χ2n) is 8.53. The number of benzene rings is 3. The number of nitrogens with zero attached hydrogens (tertiary/aromatic N) is 2. The molecule has 3 aromatic rings. The summed E-state index contributed by atoms with van der Waals surface area (Å²) < 4.78 is 0. The van der Waals surface area contributed by atoms with E-state index in [1.807, 2.05) is 57.2 Å². The van der Waals surface area contributed by atoms with Crippen molar-refractivity contribution in [3.63, 3.8) is 0 Å². The maximum Gasteiger partial charge on any atom is 0.294 e. The number of hydrogen-bond donors (Lipinski definition) is 1. The summed E-state index contributed by atoms with van der Waals surface area (Å²) in [6.45, 7) is 5.33. The van der Waals surface area contributed by atoms with Gasteiger partial charge in [0.1, 0.15) is 6.54 Å². The molecule has 0 unspecified atom stereocenters. The van der Waals surface area contributed by atoms with E-state index in [0.717, 1.165) is 26.5 Å². The van der Waals surface area contributed by atoms with Gasteiger partial charge < -0.3 is 5.32 Å². The zero-order valence-electron chi connectivity index (χ0n) is 20.3. The SMILES string of the molecule is Cc1ccc(Sc2ccc(/C=C3\SC(=O)N(CC(=O)Nc4ccc(C)cc4C)C3=O)cc2[N+](=O)[O-])cc1. The molecular formula is C27H23N3O5S2. The van der Waals surface area contributed by atoms with Crippen LogP contribution in [0, 0.1) is 30.9 Å². The van der Waals surface area contributed by atoms with Gasteiger partial charge in [-0.3, -0.25) is 29.4 Å². The molecule has 0 aliphatic carbocycles. The van der Waals surface area contributed by atoms with Crippen molar-refractivity contribution in [2.75, 3.05) is 11.9 Å². The summed E-state index contributed by atoms with van der Waals surface area (Å²) >= 11 is 1.97. The van der Waals surface area contributed by atoms with Gasteiger partial charge in [0.25, 0.3) is 16.8 Å². The highest BCUT2D eigenvalue weighted by atomic mass is 32.2. The van der Waals surface area contributed by atoms with Crippen molar-refractivity contribution in [1.82, 2.24) is 4.90 Å². The van der Waals surface area contributed by atoms with Crippen LogP contribution in [-0.2, 0) is 9.59 Å². The third-order valence-corrected chi connectivity index (χ3v) is 7.54. The van der Waals surface area contributed by atoms with Gasteiger partial charge in [0.05, 0.1) is 14.7 Å². The predicted molar refractivity (Wildman–Crippen MR) is 146 cm³/mol. The summed E-state index contributed by atoms with van der Waals surface area (Å²) in [4.78, 5) is 51.4. The van der Waals surface area contributed by atoms with Crippen LogP contribution in [0.15, 0.2) is 75.4 Å². The minimum absolute atomic E-state index is 0.0950. The van der Waals surface area contributed by atoms with E-state index < -0.39 is 28.5 Å². The maximum absolute atomic E-state index is 12.9. The van der Waals surface area contributed by atoms with Gasteiger partial charge in [0, 0.05) is 16.6 Å². The molecule has 1 fully saturated rings. The molecule has 8 nitrogen and oxygen atoms in total. The number of nitro groups is 1. The fourth-order valence-corrected chi connectivity index (χ4v) is 5.40. The minimum atomic E-state index is -0.619. The molecule has 1 heterocycles. The zero-order valence-corrected chi connectivity index (χ0v) is 21.9. The van der Waals surface area contributed by atoms with Gasteiger partial charge in [-0.05, 0) is 74.0 Å². The van der Waals surface area contributed by atoms with Crippen LogP contribution < -0.4 is 5.32 Å². The Morgan fingerprint density at radius 1 is 1.03 bits per heavy atom. The highest BCUT2D eigenvalue weighted by molar-refractivity contribution is 8.18. The van der Waals surface area contributed by atoms with Crippen molar-refractivity contribution in [2.24, 2.45) is 0 Å². The fraction of sp³-hybridized carbons (Fsp3) is 0.148. The first kappa shape index (κ1) is 26.2. The van der Waals surface area contributed by atoms with Gasteiger partial charge in [-0.1, -0.05) is 53.2 Å². The zero-order chi connectivity index (χ0) is 26.7. The molecule has 0 bridgehead atoms. The van der Waals surface area contributed by atoms with E-state index in [0.29, 0.717) is 27.9 Å². The summed E-state index contributed by atoms with van der Waals surface area (Å²) in [7, 11) is 0. The van der Waals surface area contributed by atoms with Crippen LogP contribution in [0.1, 0.15) is 22.3 Å². The van der Waals surface area contributed by atoms with Crippen molar-refractivity contribution in [1.29, 1.82) is 0 Å². The van der Waals surface area contributed by atoms with E-state index in [1.165, 1.54) is 23.9 Å². The summed E-state index contributed by atoms with van der Waals surface area (Å²) in [6, 6.07) is 17.8. The molecule has 0 aromatic heterocycles. The lowest BCUT2D eigenvalue weighted by Gasteiger charge is -2.14. The Morgan fingerprint density at radius 3 is 2.41 bits per heavy atom. The molecule has 1 aliphatic heterocycles. The monoisotopic (exact) mass is 533 g/mol. The number of aryl methyl sites for hydroxylation is 3. The van der Waals surface area contributed by atoms with E-state index in [-0.39, 0.29) is 10.6 Å². The smallest absolute Gasteiger partial charge is 0.294 e. The molecular weight excluding hydrogens is 510 g/mol. The van der Waals surface area contributed by atoms with Crippen LogP contribution in [0.3, 0.4) is 0 Å². The number of carbonyl (C=O) groups is 3. The molecule has 1 N–H and O–H groups in total. The number of amides is 3. The quantitative estimate of drug-likeness (QED) is 0.214. The number of carbonyl (C=O) groups excluding carboxylic acids is 3. The van der Waals surface area contributed by atoms with Crippen molar-refractivity contribution < 1.29 is 19.3 Å². The highest BCUT2D eigenvalue weighted by Gasteiger charge is 2.36. The van der Waals surface area contributed by atoms with Crippen LogP contribution in [0.4, 0.5) is 16.2 Å². The Balaban J connectivity index is 1.49. The first-order valence-corrected chi connectivity index (χ1v) is 12.9. The Labute approximate surface area is 222 Å². The summed E-state index contributed by atoms with van der Waals surface area (Å²) in [5.74, 6) is -1.12. The van der Waals surface area contributed by atoms with E-state index in [1.54, 1.807) is 18.2 Å². The largest absolute Gasteiger partial charge is 0.324 e. The molecule has 1 aliphatic rings. The third-order valence-electron chi connectivity index (χ3n) is 5.56. The first-order valence-electron chi connectivity index (χ1n) is 11.3. The number of rotatable bonds is 7. The number of nitro benzene ring substituents is 1. The lowest BCUT2D eigenvalue weighted by atomic mass is 10.1. The molecule has 1 saturated heterocycles. The second-order valence-corrected chi connectivity index (χ2v) is 10.6. The molecule has 37 heavy (non-hydrogen) atoms. The van der Waals surface area contributed by atoms with Crippen LogP contribution in [0.5, 0.6) is 0 Å². The van der Waals surface area contributed by atoms with Crippen LogP contribution in [0.2, 0.25) is 0 Å². The number of hydrogen-bond acceptors (Lipinski definition) is 7. The van der Waals surface area contributed by atoms with Crippen LogP contribution >= 0.6 is 23.5 Å². The van der Waals surface area contributed by atoms with Gasteiger partial charge in [0.15, 0.2) is 0 Å². The fourth-order valence-electron chi connectivity index (χ4n) is 3.66. The van der Waals surface area contributed by atoms with E-state index in [2.05, 4.69) is 5.32 Å². The molecule has 0 atom stereocenters. The Kier molecular flexibility index (Phi) is 7.80. The summed E-state index contributed by atoms with van der Waals surface area (Å²) in [6.07, 6.45) is 1.43. The second kappa shape index (κ2) is 11.0. The summed E-state index contributed by atoms with van der Waals surface area (Å²) in [5, 5.41) is 13.9. The lowest BCUT2D eigenvalue weighted by molar-refractivity contribution is -0.387. The molecule has 188 valence electrons. The van der Waals surface area contributed by atoms with Crippen molar-refractivity contribution >= 4 is 58.0 Å². The number of thioether (sulfide) groups is 1. The molecule has 3 amide bonds. The van der Waals surface area contributed by atoms with Crippen LogP contribution in [0.25, 0.3) is 6.08 Å². The Morgan fingerprint density at radius 2 is 1.73 bits per heavy atom. The van der Waals surface area contributed by atoms with Crippen LogP contribution in [-0.4, -0.2) is 33.4 Å². The van der Waals surface area contributed by atoms with Gasteiger partial charge >= 0.3 is 0 Å². The minimum Gasteiger partial charge on any atom is -0.324 e. The molecule has 0 radical (unpaired) electrons. The lowest BCUT2D eigenvalue weighted by Crippen LogP contribution is -2.36. The van der Waals surface area contributed by atoms with Crippen molar-refractivity contribution in [3.8, 4) is 0 Å². The van der Waals surface area contributed by atoms with Gasteiger partial charge in [-0.15, -0.1) is 0 Å². The van der Waals surface area contributed by atoms with Gasteiger partial charge in [0.2, 0.25) is 5.91 Å². The summed E-state index contributed by atoms with van der Waals surface area (Å²) in [5.41, 5.74) is 3.91.